The minimum Gasteiger partial charge on any atom is -0.463 e. The van der Waals surface area contributed by atoms with E-state index in [-0.39, 0.29) is 37.4 Å². The summed E-state index contributed by atoms with van der Waals surface area (Å²) in [6, 6.07) is -0.456. The lowest BCUT2D eigenvalue weighted by Crippen LogP contribution is -2.42. The first-order chi connectivity index (χ1) is 23.3. The van der Waals surface area contributed by atoms with Gasteiger partial charge in [0.15, 0.2) is 0 Å². The van der Waals surface area contributed by atoms with E-state index < -0.39 is 11.9 Å². The minimum absolute atomic E-state index is 0.124. The monoisotopic (exact) mass is 664 g/mol. The Bertz CT molecular complexity index is 1200. The van der Waals surface area contributed by atoms with E-state index in [4.69, 9.17) is 18.9 Å². The van der Waals surface area contributed by atoms with Crippen molar-refractivity contribution in [2.24, 2.45) is 23.7 Å². The molecule has 3 rings (SSSR count). The summed E-state index contributed by atoms with van der Waals surface area (Å²) in [5.74, 6) is 14.7. The van der Waals surface area contributed by atoms with Crippen molar-refractivity contribution in [3.63, 3.8) is 0 Å². The molecule has 9 heteroatoms. The Kier molecular flexibility index (Phi) is 17.6. The second-order valence-corrected chi connectivity index (χ2v) is 13.1. The summed E-state index contributed by atoms with van der Waals surface area (Å²) in [7, 11) is 1.94. The summed E-state index contributed by atoms with van der Waals surface area (Å²) in [6.07, 6.45) is 16.2. The van der Waals surface area contributed by atoms with E-state index >= 15 is 0 Å². The molecule has 3 fully saturated rings. The van der Waals surface area contributed by atoms with E-state index in [0.29, 0.717) is 36.4 Å². The van der Waals surface area contributed by atoms with Crippen molar-refractivity contribution in [2.45, 2.75) is 108 Å². The SMILES string of the molecule is C=CC(=O)OCCCCCCOC1CCC(C#CC2CCC(C#CC3NC(COC(=O)C=C)C(COC(=O)C=C)N3C)C(CC)C2)CC1. The van der Waals surface area contributed by atoms with Gasteiger partial charge in [0.05, 0.1) is 24.8 Å². The van der Waals surface area contributed by atoms with E-state index in [1.54, 1.807) is 0 Å². The summed E-state index contributed by atoms with van der Waals surface area (Å²) < 4.78 is 21.8. The molecule has 0 amide bonds. The van der Waals surface area contributed by atoms with E-state index in [2.05, 4.69) is 55.7 Å². The van der Waals surface area contributed by atoms with Crippen LogP contribution >= 0.6 is 0 Å². The summed E-state index contributed by atoms with van der Waals surface area (Å²) in [6.45, 7) is 14.1. The zero-order chi connectivity index (χ0) is 34.7. The number of hydrogen-bond acceptors (Lipinski definition) is 9. The molecule has 1 aliphatic heterocycles. The van der Waals surface area contributed by atoms with Crippen LogP contribution in [0.1, 0.15) is 84.0 Å². The highest BCUT2D eigenvalue weighted by atomic mass is 16.5. The minimum atomic E-state index is -0.496. The molecule has 0 aromatic rings. The smallest absolute Gasteiger partial charge is 0.330 e. The van der Waals surface area contributed by atoms with Crippen molar-refractivity contribution in [3.8, 4) is 23.7 Å². The predicted molar refractivity (Wildman–Crippen MR) is 186 cm³/mol. The van der Waals surface area contributed by atoms with Gasteiger partial charge in [-0.25, -0.2) is 14.4 Å². The van der Waals surface area contributed by atoms with Gasteiger partial charge in [-0.05, 0) is 77.2 Å². The first-order valence-electron chi connectivity index (χ1n) is 17.8. The highest BCUT2D eigenvalue weighted by Gasteiger charge is 2.39. The first-order valence-corrected chi connectivity index (χ1v) is 17.8. The fraction of sp³-hybridized carbons (Fsp3) is 0.667. The molecule has 1 heterocycles. The number of nitrogens with zero attached hydrogens (tertiary/aromatic N) is 1. The lowest BCUT2D eigenvalue weighted by atomic mass is 9.73. The fourth-order valence-electron chi connectivity index (χ4n) is 6.77. The number of nitrogens with one attached hydrogen (secondary N) is 1. The predicted octanol–water partition coefficient (Wildman–Crippen LogP) is 5.36. The Morgan fingerprint density at radius 2 is 1.35 bits per heavy atom. The standard InChI is InChI=1S/C39H56N2O7/c1-6-31-26-30(15-14-29-17-21-33(22-18-29)45-24-12-10-11-13-25-46-37(42)7-2)16-19-32(31)20-23-36-40-34(27-47-38(43)8-3)35(41(36)5)28-48-39(44)9-4/h7-9,29-36,40H,2-4,6,10-13,16-19,21-22,24-28H2,1,5H3. The number of rotatable bonds is 16. The highest BCUT2D eigenvalue weighted by Crippen LogP contribution is 2.36. The molecule has 6 atom stereocenters. The second-order valence-electron chi connectivity index (χ2n) is 13.1. The zero-order valence-corrected chi connectivity index (χ0v) is 29.1. The van der Waals surface area contributed by atoms with Gasteiger partial charge in [-0.3, -0.25) is 10.2 Å². The number of unbranched alkanes of at least 4 members (excludes halogenated alkanes) is 3. The molecule has 264 valence electrons. The number of carbonyl (C=O) groups is 3. The van der Waals surface area contributed by atoms with Gasteiger partial charge in [0.2, 0.25) is 0 Å². The lowest BCUT2D eigenvalue weighted by molar-refractivity contribution is -0.141. The Hall–Kier alpha value is -3.37. The third-order valence-electron chi connectivity index (χ3n) is 9.78. The van der Waals surface area contributed by atoms with Crippen molar-refractivity contribution in [2.75, 3.05) is 33.5 Å². The maximum Gasteiger partial charge on any atom is 0.330 e. The van der Waals surface area contributed by atoms with Crippen LogP contribution in [0.4, 0.5) is 0 Å². The Morgan fingerprint density at radius 1 is 0.750 bits per heavy atom. The molecule has 3 aliphatic rings. The Balaban J connectivity index is 1.41. The van der Waals surface area contributed by atoms with Crippen LogP contribution in [-0.4, -0.2) is 80.6 Å². The van der Waals surface area contributed by atoms with E-state index in [9.17, 15) is 14.4 Å². The molecular formula is C39H56N2O7. The van der Waals surface area contributed by atoms with Crippen molar-refractivity contribution < 1.29 is 33.3 Å². The second kappa shape index (κ2) is 21.6. The third-order valence-corrected chi connectivity index (χ3v) is 9.78. The van der Waals surface area contributed by atoms with Gasteiger partial charge >= 0.3 is 17.9 Å². The van der Waals surface area contributed by atoms with Crippen molar-refractivity contribution in [3.05, 3.63) is 38.0 Å². The van der Waals surface area contributed by atoms with Gasteiger partial charge < -0.3 is 18.9 Å². The highest BCUT2D eigenvalue weighted by molar-refractivity contribution is 5.81. The number of esters is 3. The topological polar surface area (TPSA) is 103 Å². The summed E-state index contributed by atoms with van der Waals surface area (Å²) in [4.78, 5) is 36.5. The van der Waals surface area contributed by atoms with Gasteiger partial charge in [0.25, 0.3) is 0 Å². The van der Waals surface area contributed by atoms with E-state index in [1.807, 2.05) is 11.9 Å². The zero-order valence-electron chi connectivity index (χ0n) is 29.1. The summed E-state index contributed by atoms with van der Waals surface area (Å²) in [5.41, 5.74) is 0. The van der Waals surface area contributed by atoms with Crippen molar-refractivity contribution in [1.29, 1.82) is 0 Å². The molecule has 1 N–H and O–H groups in total. The summed E-state index contributed by atoms with van der Waals surface area (Å²) in [5, 5.41) is 3.46. The average molecular weight is 665 g/mol. The maximum atomic E-state index is 11.7. The molecule has 0 bridgehead atoms. The van der Waals surface area contributed by atoms with Crippen LogP contribution in [0.25, 0.3) is 0 Å². The molecule has 48 heavy (non-hydrogen) atoms. The molecular weight excluding hydrogens is 608 g/mol. The van der Waals surface area contributed by atoms with Crippen LogP contribution in [0.3, 0.4) is 0 Å². The fourth-order valence-corrected chi connectivity index (χ4v) is 6.77. The number of ether oxygens (including phenoxy) is 4. The first kappa shape index (κ1) is 39.1. The van der Waals surface area contributed by atoms with Gasteiger partial charge in [-0.15, -0.1) is 0 Å². The van der Waals surface area contributed by atoms with Crippen LogP contribution in [0.15, 0.2) is 38.0 Å². The third kappa shape index (κ3) is 13.3. The van der Waals surface area contributed by atoms with Crippen LogP contribution < -0.4 is 5.32 Å². The molecule has 2 aliphatic carbocycles. The van der Waals surface area contributed by atoms with Gasteiger partial charge in [0, 0.05) is 42.6 Å². The van der Waals surface area contributed by atoms with Crippen LogP contribution in [0.2, 0.25) is 0 Å². The van der Waals surface area contributed by atoms with Crippen LogP contribution in [0.5, 0.6) is 0 Å². The van der Waals surface area contributed by atoms with Crippen LogP contribution in [0, 0.1) is 47.4 Å². The molecule has 0 aromatic heterocycles. The van der Waals surface area contributed by atoms with Crippen molar-refractivity contribution >= 4 is 17.9 Å². The Morgan fingerprint density at radius 3 is 2.02 bits per heavy atom. The molecule has 9 nitrogen and oxygen atoms in total. The molecule has 0 radical (unpaired) electrons. The summed E-state index contributed by atoms with van der Waals surface area (Å²) >= 11 is 0. The Labute approximate surface area is 288 Å². The van der Waals surface area contributed by atoms with Crippen molar-refractivity contribution in [1.82, 2.24) is 10.2 Å². The van der Waals surface area contributed by atoms with E-state index in [0.717, 1.165) is 95.8 Å². The number of hydrogen-bond donors (Lipinski definition) is 1. The molecule has 2 saturated carbocycles. The van der Waals surface area contributed by atoms with Crippen LogP contribution in [-0.2, 0) is 33.3 Å². The van der Waals surface area contributed by atoms with E-state index in [1.165, 1.54) is 6.08 Å². The average Bonchev–Trinajstić information content (AvgIpc) is 3.42. The number of likely N-dealkylation sites (N-methyl/N-ethyl adjacent to an activating group) is 1. The largest absolute Gasteiger partial charge is 0.463 e. The number of carbonyl (C=O) groups excluding carboxylic acids is 3. The molecule has 0 aromatic carbocycles. The van der Waals surface area contributed by atoms with Gasteiger partial charge in [-0.2, -0.15) is 0 Å². The van der Waals surface area contributed by atoms with Gasteiger partial charge in [0.1, 0.15) is 19.4 Å². The lowest BCUT2D eigenvalue weighted by Gasteiger charge is -2.31. The quantitative estimate of drug-likeness (QED) is 0.0769. The molecule has 1 saturated heterocycles. The van der Waals surface area contributed by atoms with Gasteiger partial charge in [-0.1, -0.05) is 63.2 Å². The maximum absolute atomic E-state index is 11.7. The molecule has 0 spiro atoms. The normalized spacial score (nSPS) is 28.5. The molecule has 6 unspecified atom stereocenters.